The topological polar surface area (TPSA) is 12.5 Å². The molecule has 0 radical (unpaired) electrons. The van der Waals surface area contributed by atoms with Crippen molar-refractivity contribution in [1.82, 2.24) is 4.90 Å². The van der Waals surface area contributed by atoms with E-state index in [0.29, 0.717) is 18.7 Å². The van der Waals surface area contributed by atoms with E-state index in [4.69, 9.17) is 4.74 Å². The number of nitrogens with zero attached hydrogens (tertiary/aromatic N) is 1. The summed E-state index contributed by atoms with van der Waals surface area (Å²) in [6, 6.07) is 6.11. The molecule has 1 atom stereocenters. The fraction of sp³-hybridized carbons (Fsp3) is 0.625. The number of ether oxygens (including phenoxy) is 1. The average molecular weight is 299 g/mol. The van der Waals surface area contributed by atoms with Crippen molar-refractivity contribution >= 4 is 0 Å². The SMILES string of the molecule is FC(F)(F)c1ccc(CN(CC2CCCO2)C2CC2)cc1. The van der Waals surface area contributed by atoms with Gasteiger partial charge in [-0.3, -0.25) is 4.90 Å². The standard InChI is InChI=1S/C16H20F3NO/c17-16(18,19)13-5-3-12(4-6-13)10-20(14-7-8-14)11-15-2-1-9-21-15/h3-6,14-15H,1-2,7-11H2. The summed E-state index contributed by atoms with van der Waals surface area (Å²) in [5, 5.41) is 0. The molecule has 1 aliphatic carbocycles. The van der Waals surface area contributed by atoms with Gasteiger partial charge in [0, 0.05) is 25.7 Å². The number of halogens is 3. The first-order chi connectivity index (χ1) is 10.0. The van der Waals surface area contributed by atoms with Crippen LogP contribution in [0.4, 0.5) is 13.2 Å². The number of rotatable bonds is 5. The van der Waals surface area contributed by atoms with Crippen molar-refractivity contribution < 1.29 is 17.9 Å². The van der Waals surface area contributed by atoms with Crippen LogP contribution in [0.5, 0.6) is 0 Å². The molecule has 0 spiro atoms. The Morgan fingerprint density at radius 2 is 1.81 bits per heavy atom. The lowest BCUT2D eigenvalue weighted by Crippen LogP contribution is -2.33. The molecule has 2 nitrogen and oxygen atoms in total. The fourth-order valence-corrected chi connectivity index (χ4v) is 2.87. The smallest absolute Gasteiger partial charge is 0.377 e. The van der Waals surface area contributed by atoms with E-state index in [1.54, 1.807) is 12.1 Å². The van der Waals surface area contributed by atoms with Crippen molar-refractivity contribution in [2.24, 2.45) is 0 Å². The number of alkyl halides is 3. The Morgan fingerprint density at radius 1 is 1.10 bits per heavy atom. The predicted molar refractivity (Wildman–Crippen MR) is 73.9 cm³/mol. The maximum absolute atomic E-state index is 12.6. The van der Waals surface area contributed by atoms with Gasteiger partial charge < -0.3 is 4.74 Å². The van der Waals surface area contributed by atoms with Crippen LogP contribution in [-0.4, -0.2) is 30.2 Å². The molecule has 5 heteroatoms. The van der Waals surface area contributed by atoms with Gasteiger partial charge >= 0.3 is 6.18 Å². The molecule has 21 heavy (non-hydrogen) atoms. The van der Waals surface area contributed by atoms with Crippen molar-refractivity contribution in [3.8, 4) is 0 Å². The molecule has 0 bridgehead atoms. The summed E-state index contributed by atoms with van der Waals surface area (Å²) in [6.45, 7) is 2.44. The van der Waals surface area contributed by atoms with Crippen molar-refractivity contribution in [2.45, 2.75) is 50.6 Å². The molecule has 1 aromatic rings. The van der Waals surface area contributed by atoms with E-state index < -0.39 is 11.7 Å². The Bertz CT molecular complexity index is 461. The molecular weight excluding hydrogens is 279 g/mol. The predicted octanol–water partition coefficient (Wildman–Crippen LogP) is 3.85. The normalized spacial score (nSPS) is 23.0. The number of benzene rings is 1. The summed E-state index contributed by atoms with van der Waals surface area (Å²) in [6.07, 6.45) is 0.618. The second-order valence-electron chi connectivity index (χ2n) is 5.99. The zero-order valence-electron chi connectivity index (χ0n) is 11.9. The lowest BCUT2D eigenvalue weighted by Gasteiger charge is -2.25. The van der Waals surface area contributed by atoms with E-state index >= 15 is 0 Å². The molecule has 1 aromatic carbocycles. The Hall–Kier alpha value is -1.07. The van der Waals surface area contributed by atoms with Gasteiger partial charge in [0.05, 0.1) is 11.7 Å². The molecule has 0 amide bonds. The monoisotopic (exact) mass is 299 g/mol. The Labute approximate surface area is 122 Å². The van der Waals surface area contributed by atoms with E-state index in [2.05, 4.69) is 4.90 Å². The second kappa shape index (κ2) is 5.97. The zero-order chi connectivity index (χ0) is 14.9. The lowest BCUT2D eigenvalue weighted by atomic mass is 10.1. The molecule has 1 unspecified atom stereocenters. The first-order valence-electron chi connectivity index (χ1n) is 7.54. The highest BCUT2D eigenvalue weighted by Gasteiger charge is 2.32. The van der Waals surface area contributed by atoms with Crippen LogP contribution in [0, 0.1) is 0 Å². The quantitative estimate of drug-likeness (QED) is 0.819. The first-order valence-corrected chi connectivity index (χ1v) is 7.54. The molecule has 1 saturated heterocycles. The molecule has 116 valence electrons. The number of hydrogen-bond donors (Lipinski definition) is 0. The van der Waals surface area contributed by atoms with E-state index in [0.717, 1.165) is 31.6 Å². The molecule has 3 rings (SSSR count). The minimum Gasteiger partial charge on any atom is -0.377 e. The maximum Gasteiger partial charge on any atom is 0.416 e. The van der Waals surface area contributed by atoms with Crippen LogP contribution in [0.25, 0.3) is 0 Å². The minimum absolute atomic E-state index is 0.292. The van der Waals surface area contributed by atoms with Gasteiger partial charge in [-0.25, -0.2) is 0 Å². The summed E-state index contributed by atoms with van der Waals surface area (Å²) in [5.41, 5.74) is 0.358. The largest absolute Gasteiger partial charge is 0.416 e. The average Bonchev–Trinajstić information content (AvgIpc) is 3.16. The van der Waals surface area contributed by atoms with Gasteiger partial charge in [-0.05, 0) is 43.4 Å². The molecule has 2 aliphatic rings. The van der Waals surface area contributed by atoms with Crippen LogP contribution in [0.1, 0.15) is 36.8 Å². The van der Waals surface area contributed by atoms with Crippen LogP contribution >= 0.6 is 0 Å². The van der Waals surface area contributed by atoms with Crippen LogP contribution in [-0.2, 0) is 17.5 Å². The Morgan fingerprint density at radius 3 is 2.33 bits per heavy atom. The van der Waals surface area contributed by atoms with Crippen LogP contribution in [0.15, 0.2) is 24.3 Å². The first kappa shape index (κ1) is 14.9. The highest BCUT2D eigenvalue weighted by molar-refractivity contribution is 5.24. The van der Waals surface area contributed by atoms with Crippen molar-refractivity contribution in [3.05, 3.63) is 35.4 Å². The van der Waals surface area contributed by atoms with Crippen LogP contribution in [0.2, 0.25) is 0 Å². The fourth-order valence-electron chi connectivity index (χ4n) is 2.87. The lowest BCUT2D eigenvalue weighted by molar-refractivity contribution is -0.137. The maximum atomic E-state index is 12.6. The molecule has 1 saturated carbocycles. The zero-order valence-corrected chi connectivity index (χ0v) is 11.9. The summed E-state index contributed by atoms with van der Waals surface area (Å²) in [4.78, 5) is 2.36. The third-order valence-corrected chi connectivity index (χ3v) is 4.19. The highest BCUT2D eigenvalue weighted by atomic mass is 19.4. The molecule has 1 aliphatic heterocycles. The molecule has 1 heterocycles. The van der Waals surface area contributed by atoms with E-state index in [-0.39, 0.29) is 0 Å². The minimum atomic E-state index is -4.26. The van der Waals surface area contributed by atoms with Gasteiger partial charge in [-0.15, -0.1) is 0 Å². The molecule has 2 fully saturated rings. The third-order valence-electron chi connectivity index (χ3n) is 4.19. The van der Waals surface area contributed by atoms with Gasteiger partial charge in [0.15, 0.2) is 0 Å². The van der Waals surface area contributed by atoms with Gasteiger partial charge in [0.25, 0.3) is 0 Å². The van der Waals surface area contributed by atoms with Crippen molar-refractivity contribution in [3.63, 3.8) is 0 Å². The second-order valence-corrected chi connectivity index (χ2v) is 5.99. The summed E-state index contributed by atoms with van der Waals surface area (Å²) in [5.74, 6) is 0. The van der Waals surface area contributed by atoms with Gasteiger partial charge in [0.2, 0.25) is 0 Å². The Balaban J connectivity index is 1.62. The number of hydrogen-bond acceptors (Lipinski definition) is 2. The molecular formula is C16H20F3NO. The van der Waals surface area contributed by atoms with Gasteiger partial charge in [-0.2, -0.15) is 13.2 Å². The highest BCUT2D eigenvalue weighted by Crippen LogP contribution is 2.31. The summed E-state index contributed by atoms with van der Waals surface area (Å²) < 4.78 is 43.4. The van der Waals surface area contributed by atoms with Gasteiger partial charge in [0.1, 0.15) is 0 Å². The summed E-state index contributed by atoms with van der Waals surface area (Å²) in [7, 11) is 0. The Kier molecular flexibility index (Phi) is 4.22. The van der Waals surface area contributed by atoms with Gasteiger partial charge in [-0.1, -0.05) is 12.1 Å². The van der Waals surface area contributed by atoms with Crippen molar-refractivity contribution in [1.29, 1.82) is 0 Å². The van der Waals surface area contributed by atoms with E-state index in [9.17, 15) is 13.2 Å². The third kappa shape index (κ3) is 3.98. The van der Waals surface area contributed by atoms with Crippen molar-refractivity contribution in [2.75, 3.05) is 13.2 Å². The van der Waals surface area contributed by atoms with Crippen LogP contribution < -0.4 is 0 Å². The van der Waals surface area contributed by atoms with E-state index in [1.165, 1.54) is 25.0 Å². The van der Waals surface area contributed by atoms with Crippen LogP contribution in [0.3, 0.4) is 0 Å². The molecule has 0 N–H and O–H groups in total. The van der Waals surface area contributed by atoms with E-state index in [1.807, 2.05) is 0 Å². The summed E-state index contributed by atoms with van der Waals surface area (Å²) >= 11 is 0. The molecule has 0 aromatic heterocycles.